The molecular weight excluding hydrogens is 190 g/mol. The highest BCUT2D eigenvalue weighted by molar-refractivity contribution is 5.69. The summed E-state index contributed by atoms with van der Waals surface area (Å²) >= 11 is 0. The first-order chi connectivity index (χ1) is 7.07. The van der Waals surface area contributed by atoms with Crippen LogP contribution in [0.1, 0.15) is 40.0 Å². The number of hydrogen-bond donors (Lipinski definition) is 2. The second kappa shape index (κ2) is 8.48. The normalized spacial score (nSPS) is 15.4. The fourth-order valence-electron chi connectivity index (χ4n) is 1.34. The lowest BCUT2D eigenvalue weighted by molar-refractivity contribution is -0.141. The maximum Gasteiger partial charge on any atom is 0.306 e. The van der Waals surface area contributed by atoms with Crippen LogP contribution in [0, 0.1) is 5.92 Å². The Kier molecular flexibility index (Phi) is 8.01. The number of nitrogens with one attached hydrogen (secondary N) is 1. The molecule has 2 unspecified atom stereocenters. The molecule has 0 heterocycles. The molecule has 2 N–H and O–H groups in total. The Labute approximate surface area is 92.6 Å². The maximum atomic E-state index is 10.6. The summed E-state index contributed by atoms with van der Waals surface area (Å²) in [7, 11) is 0. The van der Waals surface area contributed by atoms with Crippen LogP contribution in [0.15, 0.2) is 12.2 Å². The quantitative estimate of drug-likeness (QED) is 0.609. The maximum absolute atomic E-state index is 10.6. The van der Waals surface area contributed by atoms with Crippen LogP contribution in [-0.4, -0.2) is 23.7 Å². The number of carbonyl (C=O) groups is 1. The van der Waals surface area contributed by atoms with Crippen molar-refractivity contribution in [3.05, 3.63) is 12.2 Å². The predicted molar refractivity (Wildman–Crippen MR) is 62.9 cm³/mol. The van der Waals surface area contributed by atoms with E-state index in [1.165, 1.54) is 0 Å². The molecule has 0 radical (unpaired) electrons. The van der Waals surface area contributed by atoms with E-state index < -0.39 is 5.97 Å². The van der Waals surface area contributed by atoms with E-state index in [2.05, 4.69) is 18.3 Å². The first-order valence-corrected chi connectivity index (χ1v) is 5.65. The van der Waals surface area contributed by atoms with Gasteiger partial charge < -0.3 is 10.4 Å². The van der Waals surface area contributed by atoms with Gasteiger partial charge in [0, 0.05) is 12.6 Å². The van der Waals surface area contributed by atoms with Crippen LogP contribution in [0.2, 0.25) is 0 Å². The van der Waals surface area contributed by atoms with Crippen LogP contribution in [0.3, 0.4) is 0 Å². The molecule has 0 saturated heterocycles. The van der Waals surface area contributed by atoms with Crippen LogP contribution in [0.25, 0.3) is 0 Å². The molecule has 0 rings (SSSR count). The monoisotopic (exact) mass is 213 g/mol. The Balaban J connectivity index is 3.46. The zero-order valence-corrected chi connectivity index (χ0v) is 9.99. The fraction of sp³-hybridized carbons (Fsp3) is 0.750. The fourth-order valence-corrected chi connectivity index (χ4v) is 1.34. The highest BCUT2D eigenvalue weighted by atomic mass is 16.4. The topological polar surface area (TPSA) is 49.3 Å². The Bertz CT molecular complexity index is 202. The van der Waals surface area contributed by atoms with Gasteiger partial charge in [-0.05, 0) is 26.7 Å². The third kappa shape index (κ3) is 8.18. The van der Waals surface area contributed by atoms with Gasteiger partial charge in [-0.2, -0.15) is 0 Å². The van der Waals surface area contributed by atoms with Crippen molar-refractivity contribution in [2.75, 3.05) is 6.54 Å². The zero-order chi connectivity index (χ0) is 11.7. The van der Waals surface area contributed by atoms with Gasteiger partial charge in [-0.1, -0.05) is 25.5 Å². The molecule has 0 aliphatic carbocycles. The first kappa shape index (κ1) is 14.2. The highest BCUT2D eigenvalue weighted by Gasteiger charge is 2.10. The molecule has 0 aromatic heterocycles. The molecule has 0 spiro atoms. The predicted octanol–water partition coefficient (Wildman–Crippen LogP) is 2.43. The van der Waals surface area contributed by atoms with Gasteiger partial charge in [-0.25, -0.2) is 0 Å². The molecule has 0 bridgehead atoms. The van der Waals surface area contributed by atoms with E-state index in [-0.39, 0.29) is 5.92 Å². The summed E-state index contributed by atoms with van der Waals surface area (Å²) in [6, 6.07) is 0.460. The van der Waals surface area contributed by atoms with Gasteiger partial charge in [0.1, 0.15) is 0 Å². The van der Waals surface area contributed by atoms with Gasteiger partial charge in [0.2, 0.25) is 0 Å². The number of hydrogen-bond acceptors (Lipinski definition) is 2. The molecule has 0 aliphatic rings. The van der Waals surface area contributed by atoms with E-state index in [4.69, 9.17) is 5.11 Å². The molecular formula is C12H23NO2. The van der Waals surface area contributed by atoms with E-state index in [0.29, 0.717) is 6.04 Å². The largest absolute Gasteiger partial charge is 0.481 e. The Morgan fingerprint density at radius 2 is 2.07 bits per heavy atom. The van der Waals surface area contributed by atoms with Gasteiger partial charge in [-0.3, -0.25) is 4.79 Å². The minimum atomic E-state index is -0.690. The molecule has 3 nitrogen and oxygen atoms in total. The molecule has 0 saturated carbocycles. The van der Waals surface area contributed by atoms with E-state index in [1.54, 1.807) is 6.92 Å². The second-order valence-electron chi connectivity index (χ2n) is 4.05. The zero-order valence-electron chi connectivity index (χ0n) is 9.99. The number of allylic oxidation sites excluding steroid dienone is 1. The SMILES string of the molecule is CC=CCNC(C)CCCC(C)C(=O)O. The van der Waals surface area contributed by atoms with E-state index in [9.17, 15) is 4.79 Å². The average molecular weight is 213 g/mol. The molecule has 15 heavy (non-hydrogen) atoms. The lowest BCUT2D eigenvalue weighted by atomic mass is 10.0. The van der Waals surface area contributed by atoms with Crippen LogP contribution in [0.5, 0.6) is 0 Å². The standard InChI is InChI=1S/C12H23NO2/c1-4-5-9-13-11(3)8-6-7-10(2)12(14)15/h4-5,10-11,13H,6-9H2,1-3H3,(H,14,15). The Morgan fingerprint density at radius 3 is 2.60 bits per heavy atom. The molecule has 0 fully saturated rings. The number of aliphatic carboxylic acids is 1. The van der Waals surface area contributed by atoms with E-state index in [0.717, 1.165) is 25.8 Å². The molecule has 0 aliphatic heterocycles. The first-order valence-electron chi connectivity index (χ1n) is 5.65. The average Bonchev–Trinajstić information content (AvgIpc) is 2.18. The highest BCUT2D eigenvalue weighted by Crippen LogP contribution is 2.09. The van der Waals surface area contributed by atoms with Crippen molar-refractivity contribution in [1.29, 1.82) is 0 Å². The van der Waals surface area contributed by atoms with Crippen molar-refractivity contribution >= 4 is 5.97 Å². The van der Waals surface area contributed by atoms with Gasteiger partial charge in [0.15, 0.2) is 0 Å². The third-order valence-electron chi connectivity index (χ3n) is 2.52. The van der Waals surface area contributed by atoms with Crippen LogP contribution < -0.4 is 5.32 Å². The lowest BCUT2D eigenvalue weighted by Crippen LogP contribution is -2.26. The summed E-state index contributed by atoms with van der Waals surface area (Å²) in [5, 5.41) is 12.0. The van der Waals surface area contributed by atoms with E-state index >= 15 is 0 Å². The Hall–Kier alpha value is -0.830. The molecule has 88 valence electrons. The van der Waals surface area contributed by atoms with Crippen LogP contribution in [0.4, 0.5) is 0 Å². The third-order valence-corrected chi connectivity index (χ3v) is 2.52. The Morgan fingerprint density at radius 1 is 1.40 bits per heavy atom. The van der Waals surface area contributed by atoms with Gasteiger partial charge in [-0.15, -0.1) is 0 Å². The van der Waals surface area contributed by atoms with E-state index in [1.807, 2.05) is 13.0 Å². The van der Waals surface area contributed by atoms with Crippen molar-refractivity contribution in [1.82, 2.24) is 5.32 Å². The van der Waals surface area contributed by atoms with Gasteiger partial charge >= 0.3 is 5.97 Å². The van der Waals surface area contributed by atoms with Crippen LogP contribution in [-0.2, 0) is 4.79 Å². The minimum absolute atomic E-state index is 0.215. The number of rotatable bonds is 8. The summed E-state index contributed by atoms with van der Waals surface area (Å²) in [4.78, 5) is 10.6. The van der Waals surface area contributed by atoms with Crippen LogP contribution >= 0.6 is 0 Å². The van der Waals surface area contributed by atoms with Gasteiger partial charge in [0.05, 0.1) is 5.92 Å². The molecule has 3 heteroatoms. The van der Waals surface area contributed by atoms with Crippen molar-refractivity contribution in [3.8, 4) is 0 Å². The molecule has 0 aromatic carbocycles. The molecule has 0 amide bonds. The second-order valence-corrected chi connectivity index (χ2v) is 4.05. The summed E-state index contributed by atoms with van der Waals surface area (Å²) in [6.07, 6.45) is 6.88. The smallest absolute Gasteiger partial charge is 0.306 e. The summed E-state index contributed by atoms with van der Waals surface area (Å²) in [5.74, 6) is -0.905. The summed E-state index contributed by atoms with van der Waals surface area (Å²) in [6.45, 7) is 6.79. The molecule has 2 atom stereocenters. The summed E-state index contributed by atoms with van der Waals surface area (Å²) < 4.78 is 0. The van der Waals surface area contributed by atoms with Crippen molar-refractivity contribution in [3.63, 3.8) is 0 Å². The molecule has 0 aromatic rings. The number of carboxylic acid groups (broad SMARTS) is 1. The van der Waals surface area contributed by atoms with Crippen molar-refractivity contribution in [2.45, 2.75) is 46.1 Å². The van der Waals surface area contributed by atoms with Crippen molar-refractivity contribution < 1.29 is 9.90 Å². The summed E-state index contributed by atoms with van der Waals surface area (Å²) in [5.41, 5.74) is 0. The van der Waals surface area contributed by atoms with Gasteiger partial charge in [0.25, 0.3) is 0 Å². The minimum Gasteiger partial charge on any atom is -0.481 e. The number of carboxylic acids is 1. The van der Waals surface area contributed by atoms with Crippen molar-refractivity contribution in [2.24, 2.45) is 5.92 Å². The lowest BCUT2D eigenvalue weighted by Gasteiger charge is -2.13.